The number of hydrogen-bond acceptors (Lipinski definition) is 5. The van der Waals surface area contributed by atoms with Crippen LogP contribution < -0.4 is 5.90 Å². The van der Waals surface area contributed by atoms with Crippen LogP contribution in [-0.2, 0) is 14.9 Å². The average Bonchev–Trinajstić information content (AvgIpc) is 1.69. The van der Waals surface area contributed by atoms with Crippen LogP contribution in [0.4, 0.5) is 0 Å². The Morgan fingerprint density at radius 3 is 2.71 bits per heavy atom. The molecule has 0 fully saturated rings. The van der Waals surface area contributed by atoms with E-state index in [0.29, 0.717) is 0 Å². The summed E-state index contributed by atoms with van der Waals surface area (Å²) in [5.41, 5.74) is 0. The lowest BCUT2D eigenvalue weighted by Gasteiger charge is -1.92. The van der Waals surface area contributed by atoms with Crippen molar-refractivity contribution in [3.8, 4) is 0 Å². The fourth-order valence-electron chi connectivity index (χ4n) is 0.0991. The van der Waals surface area contributed by atoms with Gasteiger partial charge in [0.1, 0.15) is 6.61 Å². The number of rotatable bonds is 4. The number of aliphatic hydroxyl groups excluding tert-OH is 1. The monoisotopic (exact) mass is 109 g/mol. The lowest BCUT2D eigenvalue weighted by Crippen LogP contribution is -2.04. The second kappa shape index (κ2) is 5.80. The highest BCUT2D eigenvalue weighted by Gasteiger charge is 1.80. The average molecular weight is 109 g/mol. The highest BCUT2D eigenvalue weighted by molar-refractivity contribution is 4.10. The molecule has 0 aliphatic carbocycles. The van der Waals surface area contributed by atoms with Crippen LogP contribution in [0.3, 0.4) is 0 Å². The molecular formula is C2H7NO4. The maximum Gasteiger partial charge on any atom is 0.108 e. The van der Waals surface area contributed by atoms with Gasteiger partial charge in [-0.25, -0.2) is 4.89 Å². The topological polar surface area (TPSA) is 73.9 Å². The van der Waals surface area contributed by atoms with Crippen LogP contribution in [0.1, 0.15) is 0 Å². The lowest BCUT2D eigenvalue weighted by atomic mass is 10.8. The maximum atomic E-state index is 7.99. The molecule has 3 N–H and O–H groups in total. The molecule has 0 saturated carbocycles. The third kappa shape index (κ3) is 5.80. The SMILES string of the molecule is NOOOCCO. The van der Waals surface area contributed by atoms with Crippen LogP contribution >= 0.6 is 0 Å². The third-order valence-corrected chi connectivity index (χ3v) is 0.262. The van der Waals surface area contributed by atoms with Gasteiger partial charge in [-0.1, -0.05) is 0 Å². The zero-order chi connectivity index (χ0) is 5.54. The fraction of sp³-hybridized carbons (Fsp3) is 1.00. The van der Waals surface area contributed by atoms with Crippen molar-refractivity contribution < 1.29 is 20.0 Å². The standard InChI is InChI=1S/C2H7NO4/c3-6-7-5-2-1-4/h4H,1-3H2. The Hall–Kier alpha value is -0.200. The summed E-state index contributed by atoms with van der Waals surface area (Å²) in [5, 5.41) is 11.7. The first-order valence-corrected chi connectivity index (χ1v) is 1.67. The Kier molecular flexibility index (Phi) is 5.63. The predicted molar refractivity (Wildman–Crippen MR) is 19.4 cm³/mol. The van der Waals surface area contributed by atoms with Crippen LogP contribution in [0, 0.1) is 0 Å². The maximum absolute atomic E-state index is 7.99. The van der Waals surface area contributed by atoms with E-state index in [2.05, 4.69) is 20.8 Å². The Bertz CT molecular complexity index is 28.9. The van der Waals surface area contributed by atoms with Gasteiger partial charge >= 0.3 is 0 Å². The van der Waals surface area contributed by atoms with Crippen LogP contribution in [0.5, 0.6) is 0 Å². The van der Waals surface area contributed by atoms with Crippen LogP contribution in [-0.4, -0.2) is 18.3 Å². The largest absolute Gasteiger partial charge is 0.394 e. The van der Waals surface area contributed by atoms with Gasteiger partial charge in [0.15, 0.2) is 0 Å². The Morgan fingerprint density at radius 2 is 2.29 bits per heavy atom. The van der Waals surface area contributed by atoms with Crippen molar-refractivity contribution in [2.75, 3.05) is 13.2 Å². The lowest BCUT2D eigenvalue weighted by molar-refractivity contribution is -0.516. The smallest absolute Gasteiger partial charge is 0.108 e. The van der Waals surface area contributed by atoms with Crippen molar-refractivity contribution in [2.45, 2.75) is 0 Å². The van der Waals surface area contributed by atoms with Gasteiger partial charge in [0.25, 0.3) is 0 Å². The van der Waals surface area contributed by atoms with Gasteiger partial charge in [-0.05, 0) is 5.04 Å². The summed E-state index contributed by atoms with van der Waals surface area (Å²) in [5.74, 6) is 4.34. The van der Waals surface area contributed by atoms with E-state index in [9.17, 15) is 0 Å². The Labute approximate surface area is 40.4 Å². The first kappa shape index (κ1) is 6.80. The number of hydrogen-bond donors (Lipinski definition) is 2. The van der Waals surface area contributed by atoms with Crippen LogP contribution in [0.25, 0.3) is 0 Å². The number of nitrogens with two attached hydrogens (primary N) is 1. The van der Waals surface area contributed by atoms with Crippen molar-refractivity contribution in [2.24, 2.45) is 5.90 Å². The molecule has 44 valence electrons. The number of aliphatic hydroxyl groups is 1. The molecule has 0 aliphatic rings. The van der Waals surface area contributed by atoms with Crippen molar-refractivity contribution >= 4 is 0 Å². The minimum absolute atomic E-state index is 0.0528. The van der Waals surface area contributed by atoms with Crippen molar-refractivity contribution in [3.63, 3.8) is 0 Å². The molecule has 0 aromatic rings. The molecule has 7 heavy (non-hydrogen) atoms. The fourth-order valence-corrected chi connectivity index (χ4v) is 0.0991. The van der Waals surface area contributed by atoms with E-state index in [-0.39, 0.29) is 13.2 Å². The molecule has 0 radical (unpaired) electrons. The van der Waals surface area contributed by atoms with E-state index in [1.54, 1.807) is 0 Å². The summed E-state index contributed by atoms with van der Waals surface area (Å²) in [7, 11) is 0. The van der Waals surface area contributed by atoms with Crippen molar-refractivity contribution in [1.29, 1.82) is 0 Å². The molecular weight excluding hydrogens is 102 g/mol. The molecule has 0 bridgehead atoms. The van der Waals surface area contributed by atoms with Gasteiger partial charge in [-0.2, -0.15) is 5.90 Å². The van der Waals surface area contributed by atoms with Gasteiger partial charge in [-0.3, -0.25) is 0 Å². The summed E-state index contributed by atoms with van der Waals surface area (Å²) in [4.78, 5) is 7.55. The summed E-state index contributed by atoms with van der Waals surface area (Å²) >= 11 is 0. The summed E-state index contributed by atoms with van der Waals surface area (Å²) in [6, 6.07) is 0. The summed E-state index contributed by atoms with van der Waals surface area (Å²) < 4.78 is 0. The normalized spacial score (nSPS) is 9.43. The third-order valence-electron chi connectivity index (χ3n) is 0.262. The molecule has 0 rings (SSSR count). The molecule has 0 heterocycles. The minimum atomic E-state index is -0.122. The molecule has 0 atom stereocenters. The summed E-state index contributed by atoms with van der Waals surface area (Å²) in [6.45, 7) is -0.0689. The first-order chi connectivity index (χ1) is 3.41. The molecule has 0 saturated heterocycles. The van der Waals surface area contributed by atoms with Gasteiger partial charge < -0.3 is 5.11 Å². The molecule has 0 aliphatic heterocycles. The van der Waals surface area contributed by atoms with Gasteiger partial charge in [0.05, 0.1) is 6.61 Å². The Balaban J connectivity index is 2.45. The van der Waals surface area contributed by atoms with Gasteiger partial charge in [0, 0.05) is 0 Å². The molecule has 0 aromatic heterocycles. The van der Waals surface area contributed by atoms with Gasteiger partial charge in [0.2, 0.25) is 0 Å². The van der Waals surface area contributed by atoms with Crippen molar-refractivity contribution in [1.82, 2.24) is 0 Å². The van der Waals surface area contributed by atoms with E-state index in [1.165, 1.54) is 0 Å². The molecule has 0 unspecified atom stereocenters. The first-order valence-electron chi connectivity index (χ1n) is 1.67. The quantitative estimate of drug-likeness (QED) is 0.267. The predicted octanol–water partition coefficient (Wildman–Crippen LogP) is -1.27. The zero-order valence-electron chi connectivity index (χ0n) is 3.66. The van der Waals surface area contributed by atoms with Gasteiger partial charge in [-0.15, -0.1) is 4.99 Å². The Morgan fingerprint density at radius 1 is 1.57 bits per heavy atom. The van der Waals surface area contributed by atoms with E-state index in [0.717, 1.165) is 0 Å². The van der Waals surface area contributed by atoms with Crippen molar-refractivity contribution in [3.05, 3.63) is 0 Å². The second-order valence-corrected chi connectivity index (χ2v) is 0.710. The van der Waals surface area contributed by atoms with E-state index >= 15 is 0 Å². The molecule has 0 spiro atoms. The van der Waals surface area contributed by atoms with E-state index in [1.807, 2.05) is 0 Å². The van der Waals surface area contributed by atoms with E-state index in [4.69, 9.17) is 5.11 Å². The highest BCUT2D eigenvalue weighted by Crippen LogP contribution is 1.71. The zero-order valence-corrected chi connectivity index (χ0v) is 3.66. The second-order valence-electron chi connectivity index (χ2n) is 0.710. The molecule has 5 nitrogen and oxygen atoms in total. The van der Waals surface area contributed by atoms with Crippen LogP contribution in [0.15, 0.2) is 0 Å². The highest BCUT2D eigenvalue weighted by atomic mass is 17.5. The van der Waals surface area contributed by atoms with Crippen LogP contribution in [0.2, 0.25) is 0 Å². The minimum Gasteiger partial charge on any atom is -0.394 e. The summed E-state index contributed by atoms with van der Waals surface area (Å²) in [6.07, 6.45) is 0. The van der Waals surface area contributed by atoms with E-state index < -0.39 is 0 Å². The molecule has 0 aromatic carbocycles. The molecule has 5 heteroatoms. The molecule has 0 amide bonds.